The Labute approximate surface area is 185 Å². The maximum absolute atomic E-state index is 14.9. The van der Waals surface area contributed by atoms with E-state index in [4.69, 9.17) is 9.47 Å². The lowest BCUT2D eigenvalue weighted by atomic mass is 9.78. The third kappa shape index (κ3) is 6.54. The van der Waals surface area contributed by atoms with Crippen molar-refractivity contribution in [2.75, 3.05) is 0 Å². The number of benzene rings is 1. The first kappa shape index (κ1) is 23.7. The summed E-state index contributed by atoms with van der Waals surface area (Å²) in [6.07, 6.45) is 12.7. The van der Waals surface area contributed by atoms with E-state index in [2.05, 4.69) is 13.8 Å². The second kappa shape index (κ2) is 11.6. The highest BCUT2D eigenvalue weighted by Crippen LogP contribution is 2.34. The van der Waals surface area contributed by atoms with Crippen molar-refractivity contribution >= 4 is 11.9 Å². The molecule has 1 aromatic carbocycles. The molecule has 0 aromatic heterocycles. The number of unbranched alkanes of at least 4 members (excludes halogenated alkanes) is 2. The summed E-state index contributed by atoms with van der Waals surface area (Å²) in [6, 6.07) is 3.17. The number of carbonyl (C=O) groups excluding carboxylic acids is 2. The molecule has 0 spiro atoms. The smallest absolute Gasteiger partial charge is 0.341 e. The molecule has 1 fully saturated rings. The van der Waals surface area contributed by atoms with Gasteiger partial charge in [-0.25, -0.2) is 9.18 Å². The predicted molar refractivity (Wildman–Crippen MR) is 119 cm³/mol. The lowest BCUT2D eigenvalue weighted by molar-refractivity contribution is -0.135. The Morgan fingerprint density at radius 2 is 1.74 bits per heavy atom. The Bertz CT molecular complexity index is 752. The van der Waals surface area contributed by atoms with Crippen molar-refractivity contribution in [2.24, 2.45) is 11.8 Å². The number of rotatable bonds is 10. The number of halogens is 1. The molecular weight excluding hydrogens is 395 g/mol. The Hall–Kier alpha value is -1.91. The van der Waals surface area contributed by atoms with Gasteiger partial charge in [-0.3, -0.25) is 4.79 Å². The van der Waals surface area contributed by atoms with Crippen LogP contribution < -0.4 is 4.74 Å². The van der Waals surface area contributed by atoms with Crippen molar-refractivity contribution in [1.82, 2.24) is 0 Å². The van der Waals surface area contributed by atoms with Gasteiger partial charge in [-0.1, -0.05) is 71.3 Å². The molecule has 1 heterocycles. The van der Waals surface area contributed by atoms with Crippen LogP contribution in [0, 0.1) is 17.7 Å². The molecule has 2 aliphatic rings. The van der Waals surface area contributed by atoms with Crippen molar-refractivity contribution in [3.63, 3.8) is 0 Å². The van der Waals surface area contributed by atoms with E-state index in [0.717, 1.165) is 50.9 Å². The van der Waals surface area contributed by atoms with Gasteiger partial charge in [-0.2, -0.15) is 0 Å². The Kier molecular flexibility index (Phi) is 8.91. The van der Waals surface area contributed by atoms with Gasteiger partial charge in [0.15, 0.2) is 11.6 Å². The van der Waals surface area contributed by atoms with E-state index in [9.17, 15) is 14.0 Å². The molecule has 1 aliphatic carbocycles. The molecular formula is C26H37FO4. The molecule has 1 aliphatic heterocycles. The summed E-state index contributed by atoms with van der Waals surface area (Å²) in [6.45, 7) is 4.35. The van der Waals surface area contributed by atoms with E-state index in [1.54, 1.807) is 6.07 Å². The van der Waals surface area contributed by atoms with Gasteiger partial charge in [-0.15, -0.1) is 0 Å². The molecule has 1 aromatic rings. The Morgan fingerprint density at radius 3 is 2.42 bits per heavy atom. The van der Waals surface area contributed by atoms with Crippen LogP contribution in [0.25, 0.3) is 0 Å². The number of hydrogen-bond acceptors (Lipinski definition) is 4. The van der Waals surface area contributed by atoms with E-state index < -0.39 is 17.8 Å². The van der Waals surface area contributed by atoms with Gasteiger partial charge < -0.3 is 9.47 Å². The molecule has 0 N–H and O–H groups in total. The highest BCUT2D eigenvalue weighted by Gasteiger charge is 2.31. The summed E-state index contributed by atoms with van der Waals surface area (Å²) in [5, 5.41) is 0. The fourth-order valence-corrected chi connectivity index (χ4v) is 5.06. The van der Waals surface area contributed by atoms with Crippen molar-refractivity contribution in [1.29, 1.82) is 0 Å². The van der Waals surface area contributed by atoms with Crippen LogP contribution in [-0.2, 0) is 16.0 Å². The normalized spacial score (nSPS) is 23.2. The number of carbonyl (C=O) groups is 2. The van der Waals surface area contributed by atoms with E-state index in [0.29, 0.717) is 17.9 Å². The number of esters is 2. The summed E-state index contributed by atoms with van der Waals surface area (Å²) in [5.74, 6) is -0.643. The van der Waals surface area contributed by atoms with E-state index in [1.165, 1.54) is 31.7 Å². The lowest BCUT2D eigenvalue weighted by Gasteiger charge is -2.28. The minimum Gasteiger partial charge on any atom is -0.458 e. The molecule has 0 saturated heterocycles. The topological polar surface area (TPSA) is 52.6 Å². The molecule has 3 rings (SSSR count). The Morgan fingerprint density at radius 1 is 1.03 bits per heavy atom. The van der Waals surface area contributed by atoms with Crippen LogP contribution in [0.2, 0.25) is 0 Å². The maximum Gasteiger partial charge on any atom is 0.341 e. The summed E-state index contributed by atoms with van der Waals surface area (Å²) in [7, 11) is 0. The third-order valence-electron chi connectivity index (χ3n) is 6.89. The van der Waals surface area contributed by atoms with Crippen LogP contribution >= 0.6 is 0 Å². The first-order valence-corrected chi connectivity index (χ1v) is 12.2. The van der Waals surface area contributed by atoms with Crippen LogP contribution in [0.4, 0.5) is 4.39 Å². The van der Waals surface area contributed by atoms with E-state index in [-0.39, 0.29) is 23.8 Å². The van der Waals surface area contributed by atoms with Crippen LogP contribution in [-0.4, -0.2) is 18.0 Å². The second-order valence-electron chi connectivity index (χ2n) is 9.33. The average molecular weight is 433 g/mol. The van der Waals surface area contributed by atoms with Crippen molar-refractivity contribution in [2.45, 2.75) is 103 Å². The number of hydrogen-bond donors (Lipinski definition) is 0. The van der Waals surface area contributed by atoms with Crippen LogP contribution in [0.1, 0.15) is 107 Å². The number of fused-ring (bicyclic) bond motifs is 1. The number of cyclic esters (lactones) is 1. The standard InChI is InChI=1S/C26H37FO4/c1-3-5-6-8-21-17-20-14-15-22(25(27)24(20)26(29)30-21)31-23(28)16-13-19-11-9-18(7-4-2)10-12-19/h14-15,18-19,21H,3-13,16-17H2,1-2H3. The molecule has 0 bridgehead atoms. The summed E-state index contributed by atoms with van der Waals surface area (Å²) >= 11 is 0. The molecule has 1 unspecified atom stereocenters. The quantitative estimate of drug-likeness (QED) is 0.232. The van der Waals surface area contributed by atoms with Gasteiger partial charge >= 0.3 is 11.9 Å². The zero-order chi connectivity index (χ0) is 22.2. The molecule has 5 heteroatoms. The average Bonchev–Trinajstić information content (AvgIpc) is 2.75. The van der Waals surface area contributed by atoms with Crippen molar-refractivity contribution < 1.29 is 23.5 Å². The largest absolute Gasteiger partial charge is 0.458 e. The van der Waals surface area contributed by atoms with E-state index in [1.807, 2.05) is 0 Å². The van der Waals surface area contributed by atoms with Crippen LogP contribution in [0.15, 0.2) is 12.1 Å². The predicted octanol–water partition coefficient (Wildman–Crippen LogP) is 6.78. The highest BCUT2D eigenvalue weighted by atomic mass is 19.1. The fourth-order valence-electron chi connectivity index (χ4n) is 5.06. The molecule has 172 valence electrons. The monoisotopic (exact) mass is 432 g/mol. The van der Waals surface area contributed by atoms with Gasteiger partial charge in [0.2, 0.25) is 0 Å². The zero-order valence-corrected chi connectivity index (χ0v) is 19.1. The molecule has 0 amide bonds. The molecule has 1 saturated carbocycles. The Balaban J connectivity index is 1.52. The van der Waals surface area contributed by atoms with Gasteiger partial charge in [0, 0.05) is 12.8 Å². The maximum atomic E-state index is 14.9. The summed E-state index contributed by atoms with van der Waals surface area (Å²) in [4.78, 5) is 24.7. The van der Waals surface area contributed by atoms with E-state index >= 15 is 0 Å². The van der Waals surface area contributed by atoms with Gasteiger partial charge in [0.1, 0.15) is 11.7 Å². The third-order valence-corrected chi connectivity index (χ3v) is 6.89. The first-order chi connectivity index (χ1) is 15.0. The van der Waals surface area contributed by atoms with Gasteiger partial charge in [0.05, 0.1) is 0 Å². The second-order valence-corrected chi connectivity index (χ2v) is 9.33. The fraction of sp³-hybridized carbons (Fsp3) is 0.692. The molecule has 1 atom stereocenters. The molecule has 4 nitrogen and oxygen atoms in total. The first-order valence-electron chi connectivity index (χ1n) is 12.2. The summed E-state index contributed by atoms with van der Waals surface area (Å²) in [5.41, 5.74) is 0.560. The lowest BCUT2D eigenvalue weighted by Crippen LogP contribution is -2.29. The SMILES string of the molecule is CCCCCC1Cc2ccc(OC(=O)CCC3CCC(CCC)CC3)c(F)c2C(=O)O1. The summed E-state index contributed by atoms with van der Waals surface area (Å²) < 4.78 is 25.7. The highest BCUT2D eigenvalue weighted by molar-refractivity contribution is 5.93. The van der Waals surface area contributed by atoms with Gasteiger partial charge in [0.25, 0.3) is 0 Å². The zero-order valence-electron chi connectivity index (χ0n) is 19.1. The van der Waals surface area contributed by atoms with Crippen molar-refractivity contribution in [3.05, 3.63) is 29.1 Å². The minimum absolute atomic E-state index is 0.0775. The molecule has 0 radical (unpaired) electrons. The molecule has 31 heavy (non-hydrogen) atoms. The van der Waals surface area contributed by atoms with Crippen LogP contribution in [0.3, 0.4) is 0 Å². The minimum atomic E-state index is -0.775. The van der Waals surface area contributed by atoms with Crippen molar-refractivity contribution in [3.8, 4) is 5.75 Å². The number of ether oxygens (including phenoxy) is 2. The van der Waals surface area contributed by atoms with Crippen LogP contribution in [0.5, 0.6) is 5.75 Å². The van der Waals surface area contributed by atoms with Gasteiger partial charge in [-0.05, 0) is 42.7 Å².